The molecule has 0 radical (unpaired) electrons. The molecule has 0 saturated heterocycles. The molecule has 0 saturated carbocycles. The van der Waals surface area contributed by atoms with Gasteiger partial charge < -0.3 is 9.47 Å². The highest BCUT2D eigenvalue weighted by molar-refractivity contribution is 9.10. The molecule has 0 aliphatic heterocycles. The van der Waals surface area contributed by atoms with Crippen LogP contribution in [-0.2, 0) is 0 Å². The van der Waals surface area contributed by atoms with Crippen molar-refractivity contribution in [2.75, 3.05) is 14.2 Å². The Morgan fingerprint density at radius 2 is 1.10 bits per heavy atom. The number of ether oxygens (including phenoxy) is 2. The SMILES string of the molecule is COc1ccc(F)cc1Br.COc1ccc(F)cc1Br. The molecule has 0 aromatic heterocycles. The summed E-state index contributed by atoms with van der Waals surface area (Å²) in [6.45, 7) is 0. The van der Waals surface area contributed by atoms with Crippen molar-refractivity contribution in [3.63, 3.8) is 0 Å². The molecule has 2 nitrogen and oxygen atoms in total. The van der Waals surface area contributed by atoms with Gasteiger partial charge in [0.15, 0.2) is 0 Å². The fourth-order valence-corrected chi connectivity index (χ4v) is 2.31. The topological polar surface area (TPSA) is 18.5 Å². The predicted molar refractivity (Wildman–Crippen MR) is 81.3 cm³/mol. The van der Waals surface area contributed by atoms with E-state index in [1.54, 1.807) is 12.1 Å². The fourth-order valence-electron chi connectivity index (χ4n) is 1.28. The average Bonchev–Trinajstić information content (AvgIpc) is 2.40. The van der Waals surface area contributed by atoms with Gasteiger partial charge in [0, 0.05) is 0 Å². The van der Waals surface area contributed by atoms with Crippen molar-refractivity contribution in [3.8, 4) is 11.5 Å². The van der Waals surface area contributed by atoms with Crippen LogP contribution in [0.15, 0.2) is 45.3 Å². The van der Waals surface area contributed by atoms with Crippen molar-refractivity contribution in [1.82, 2.24) is 0 Å². The second-order valence-corrected chi connectivity index (χ2v) is 5.27. The maximum Gasteiger partial charge on any atom is 0.133 e. The van der Waals surface area contributed by atoms with E-state index in [1.165, 1.54) is 38.5 Å². The lowest BCUT2D eigenvalue weighted by Crippen LogP contribution is -1.84. The van der Waals surface area contributed by atoms with Gasteiger partial charge in [-0.05, 0) is 68.3 Å². The number of halogens is 4. The van der Waals surface area contributed by atoms with Crippen LogP contribution in [0.3, 0.4) is 0 Å². The summed E-state index contributed by atoms with van der Waals surface area (Å²) in [7, 11) is 3.08. The highest BCUT2D eigenvalue weighted by atomic mass is 79.9. The molecule has 0 fully saturated rings. The van der Waals surface area contributed by atoms with Gasteiger partial charge >= 0.3 is 0 Å². The molecule has 0 atom stereocenters. The van der Waals surface area contributed by atoms with E-state index in [0.717, 1.165) is 0 Å². The van der Waals surface area contributed by atoms with Crippen molar-refractivity contribution in [1.29, 1.82) is 0 Å². The molecule has 0 heterocycles. The Morgan fingerprint density at radius 3 is 1.35 bits per heavy atom. The first kappa shape index (κ1) is 16.9. The van der Waals surface area contributed by atoms with Gasteiger partial charge in [-0.25, -0.2) is 8.78 Å². The third kappa shape index (κ3) is 5.09. The summed E-state index contributed by atoms with van der Waals surface area (Å²) in [5.41, 5.74) is 0. The highest BCUT2D eigenvalue weighted by Crippen LogP contribution is 2.25. The lowest BCUT2D eigenvalue weighted by atomic mass is 10.3. The number of hydrogen-bond acceptors (Lipinski definition) is 2. The molecular formula is C14H12Br2F2O2. The summed E-state index contributed by atoms with van der Waals surface area (Å²) in [6, 6.07) is 8.56. The van der Waals surface area contributed by atoms with E-state index in [0.29, 0.717) is 20.4 Å². The Bertz CT molecular complexity index is 526. The van der Waals surface area contributed by atoms with E-state index in [-0.39, 0.29) is 11.6 Å². The first-order chi connectivity index (χ1) is 9.47. The van der Waals surface area contributed by atoms with Gasteiger partial charge in [-0.1, -0.05) is 0 Å². The number of rotatable bonds is 2. The second kappa shape index (κ2) is 8.21. The monoisotopic (exact) mass is 408 g/mol. The minimum absolute atomic E-state index is 0.271. The van der Waals surface area contributed by atoms with Gasteiger partial charge in [-0.15, -0.1) is 0 Å². The summed E-state index contributed by atoms with van der Waals surface area (Å²) in [6.07, 6.45) is 0. The summed E-state index contributed by atoms with van der Waals surface area (Å²) in [4.78, 5) is 0. The quantitative estimate of drug-likeness (QED) is 0.679. The smallest absolute Gasteiger partial charge is 0.133 e. The van der Waals surface area contributed by atoms with Crippen molar-refractivity contribution in [2.45, 2.75) is 0 Å². The Kier molecular flexibility index (Phi) is 6.95. The number of methoxy groups -OCH3 is 2. The van der Waals surface area contributed by atoms with E-state index in [2.05, 4.69) is 31.9 Å². The third-order valence-corrected chi connectivity index (χ3v) is 3.47. The molecular weight excluding hydrogens is 398 g/mol. The average molecular weight is 410 g/mol. The first-order valence-corrected chi connectivity index (χ1v) is 7.04. The highest BCUT2D eigenvalue weighted by Gasteiger charge is 1.99. The summed E-state index contributed by atoms with van der Waals surface area (Å²) in [5, 5.41) is 0. The van der Waals surface area contributed by atoms with E-state index >= 15 is 0 Å². The van der Waals surface area contributed by atoms with Crippen molar-refractivity contribution in [2.24, 2.45) is 0 Å². The van der Waals surface area contributed by atoms with E-state index < -0.39 is 0 Å². The van der Waals surface area contributed by atoms with E-state index in [4.69, 9.17) is 9.47 Å². The molecule has 6 heteroatoms. The standard InChI is InChI=1S/2C7H6BrFO/c2*1-10-7-3-2-5(9)4-6(7)8/h2*2-4H,1H3. The first-order valence-electron chi connectivity index (χ1n) is 5.46. The van der Waals surface area contributed by atoms with Crippen LogP contribution in [0.5, 0.6) is 11.5 Å². The van der Waals surface area contributed by atoms with Crippen LogP contribution in [0.2, 0.25) is 0 Å². The van der Waals surface area contributed by atoms with Gasteiger partial charge in [0.25, 0.3) is 0 Å². The van der Waals surface area contributed by atoms with Crippen LogP contribution in [0.4, 0.5) is 8.78 Å². The molecule has 0 spiro atoms. The van der Waals surface area contributed by atoms with Crippen LogP contribution in [0.25, 0.3) is 0 Å². The molecule has 0 aliphatic carbocycles. The molecule has 2 aromatic rings. The van der Waals surface area contributed by atoms with Crippen LogP contribution in [0, 0.1) is 11.6 Å². The predicted octanol–water partition coefficient (Wildman–Crippen LogP) is 5.19. The molecule has 0 aliphatic rings. The normalized spacial score (nSPS) is 9.50. The van der Waals surface area contributed by atoms with Gasteiger partial charge in [0.2, 0.25) is 0 Å². The molecule has 0 bridgehead atoms. The number of hydrogen-bond donors (Lipinski definition) is 0. The van der Waals surface area contributed by atoms with Crippen LogP contribution >= 0.6 is 31.9 Å². The third-order valence-electron chi connectivity index (χ3n) is 2.23. The molecule has 108 valence electrons. The van der Waals surface area contributed by atoms with Gasteiger partial charge in [-0.3, -0.25) is 0 Å². The van der Waals surface area contributed by atoms with Gasteiger partial charge in [0.1, 0.15) is 23.1 Å². The summed E-state index contributed by atoms with van der Waals surface area (Å²) in [5.74, 6) is 0.739. The van der Waals surface area contributed by atoms with Gasteiger partial charge in [0.05, 0.1) is 23.2 Å². The second-order valence-electron chi connectivity index (χ2n) is 3.56. The molecule has 0 N–H and O–H groups in total. The van der Waals surface area contributed by atoms with Crippen LogP contribution in [0.1, 0.15) is 0 Å². The van der Waals surface area contributed by atoms with E-state index in [9.17, 15) is 8.78 Å². The van der Waals surface area contributed by atoms with Crippen LogP contribution < -0.4 is 9.47 Å². The lowest BCUT2D eigenvalue weighted by molar-refractivity contribution is 0.411. The van der Waals surface area contributed by atoms with E-state index in [1.807, 2.05) is 0 Å². The van der Waals surface area contributed by atoms with Crippen LogP contribution in [-0.4, -0.2) is 14.2 Å². The minimum Gasteiger partial charge on any atom is -0.496 e. The Balaban J connectivity index is 0.000000200. The largest absolute Gasteiger partial charge is 0.496 e. The zero-order chi connectivity index (χ0) is 15.1. The molecule has 2 rings (SSSR count). The zero-order valence-electron chi connectivity index (χ0n) is 10.8. The molecule has 0 unspecified atom stereocenters. The number of benzene rings is 2. The van der Waals surface area contributed by atoms with Gasteiger partial charge in [-0.2, -0.15) is 0 Å². The molecule has 20 heavy (non-hydrogen) atoms. The maximum absolute atomic E-state index is 12.4. The lowest BCUT2D eigenvalue weighted by Gasteiger charge is -2.00. The van der Waals surface area contributed by atoms with Crippen molar-refractivity contribution in [3.05, 3.63) is 57.0 Å². The summed E-state index contributed by atoms with van der Waals surface area (Å²) >= 11 is 6.28. The Labute approximate surface area is 133 Å². The fraction of sp³-hybridized carbons (Fsp3) is 0.143. The Hall–Kier alpha value is -1.14. The maximum atomic E-state index is 12.4. The minimum atomic E-state index is -0.271. The van der Waals surface area contributed by atoms with Crippen molar-refractivity contribution >= 4 is 31.9 Å². The molecule has 2 aromatic carbocycles. The zero-order valence-corrected chi connectivity index (χ0v) is 14.0. The van der Waals surface area contributed by atoms with Crippen molar-refractivity contribution < 1.29 is 18.3 Å². The molecule has 0 amide bonds. The Morgan fingerprint density at radius 1 is 0.750 bits per heavy atom. The summed E-state index contributed by atoms with van der Waals surface area (Å²) < 4.78 is 35.8.